The molecule has 2 aromatic carbocycles. The van der Waals surface area contributed by atoms with Gasteiger partial charge in [-0.3, -0.25) is 9.59 Å². The van der Waals surface area contributed by atoms with Crippen LogP contribution in [-0.2, 0) is 16.0 Å². The summed E-state index contributed by atoms with van der Waals surface area (Å²) >= 11 is 0. The Labute approximate surface area is 177 Å². The molecule has 2 unspecified atom stereocenters. The predicted octanol–water partition coefficient (Wildman–Crippen LogP) is 0.793. The number of carbonyl (C=O) groups is 2. The van der Waals surface area contributed by atoms with E-state index in [1.165, 1.54) is 24.3 Å². The zero-order valence-corrected chi connectivity index (χ0v) is 16.8. The van der Waals surface area contributed by atoms with E-state index in [1.807, 2.05) is 0 Å². The third-order valence-electron chi connectivity index (χ3n) is 4.76. The number of fused-ring (bicyclic) bond motifs is 1. The number of amides is 2. The van der Waals surface area contributed by atoms with Crippen LogP contribution in [0.4, 0.5) is 5.69 Å². The molecule has 0 aliphatic heterocycles. The number of nitrogens with one attached hydrogen (secondary N) is 2. The van der Waals surface area contributed by atoms with Crippen molar-refractivity contribution < 1.29 is 24.2 Å². The molecule has 0 saturated heterocycles. The van der Waals surface area contributed by atoms with Crippen LogP contribution in [0, 0.1) is 6.92 Å². The summed E-state index contributed by atoms with van der Waals surface area (Å²) in [6.07, 6.45) is 0.123. The normalized spacial score (nSPS) is 12.9. The second-order valence-electron chi connectivity index (χ2n) is 7.17. The van der Waals surface area contributed by atoms with E-state index in [-0.39, 0.29) is 12.2 Å². The van der Waals surface area contributed by atoms with Gasteiger partial charge in [0.15, 0.2) is 0 Å². The highest BCUT2D eigenvalue weighted by molar-refractivity contribution is 5.99. The molecule has 1 aromatic heterocycles. The van der Waals surface area contributed by atoms with Crippen LogP contribution in [0.3, 0.4) is 0 Å². The van der Waals surface area contributed by atoms with Crippen molar-refractivity contribution >= 4 is 28.5 Å². The third-order valence-corrected chi connectivity index (χ3v) is 4.76. The molecule has 1 heterocycles. The van der Waals surface area contributed by atoms with Crippen molar-refractivity contribution in [2.45, 2.75) is 25.4 Å². The second kappa shape index (κ2) is 9.41. The maximum absolute atomic E-state index is 12.9. The highest BCUT2D eigenvalue weighted by Crippen LogP contribution is 2.21. The fourth-order valence-electron chi connectivity index (χ4n) is 3.07. The van der Waals surface area contributed by atoms with Gasteiger partial charge in [-0.1, -0.05) is 12.1 Å². The second-order valence-corrected chi connectivity index (χ2v) is 7.17. The van der Waals surface area contributed by atoms with Crippen LogP contribution < -0.4 is 22.0 Å². The molecule has 0 fully saturated rings. The number of hydrogen-bond acceptors (Lipinski definition) is 7. The molecule has 6 N–H and O–H groups in total. The van der Waals surface area contributed by atoms with E-state index in [0.717, 1.165) is 10.9 Å². The van der Waals surface area contributed by atoms with Gasteiger partial charge in [0, 0.05) is 29.6 Å². The summed E-state index contributed by atoms with van der Waals surface area (Å²) in [7, 11) is 0. The number of benzene rings is 2. The van der Waals surface area contributed by atoms with Gasteiger partial charge in [-0.25, -0.2) is 4.79 Å². The molecule has 2 atom stereocenters. The SMILES string of the molecule is Cc1cc(=O)oc2cc(NC(=O)C(Cc3ccc(O)cc3)NC(=O)C(N)CO)ccc12. The Hall–Kier alpha value is -3.69. The lowest BCUT2D eigenvalue weighted by molar-refractivity contribution is -0.127. The van der Waals surface area contributed by atoms with Gasteiger partial charge in [0.1, 0.15) is 23.4 Å². The van der Waals surface area contributed by atoms with Crippen LogP contribution in [0.5, 0.6) is 5.75 Å². The summed E-state index contributed by atoms with van der Waals surface area (Å²) < 4.78 is 5.20. The van der Waals surface area contributed by atoms with Crippen molar-refractivity contribution in [3.8, 4) is 5.75 Å². The Balaban J connectivity index is 1.84. The zero-order chi connectivity index (χ0) is 22.5. The van der Waals surface area contributed by atoms with Crippen molar-refractivity contribution in [3.05, 3.63) is 70.1 Å². The molecule has 31 heavy (non-hydrogen) atoms. The lowest BCUT2D eigenvalue weighted by atomic mass is 10.0. The van der Waals surface area contributed by atoms with Gasteiger partial charge in [0.05, 0.1) is 6.61 Å². The molecule has 0 bridgehead atoms. The molecule has 3 rings (SSSR count). The van der Waals surface area contributed by atoms with Gasteiger partial charge < -0.3 is 31.0 Å². The van der Waals surface area contributed by atoms with E-state index >= 15 is 0 Å². The highest BCUT2D eigenvalue weighted by atomic mass is 16.4. The number of carbonyl (C=O) groups excluding carboxylic acids is 2. The molecule has 3 aromatic rings. The maximum Gasteiger partial charge on any atom is 0.336 e. The number of anilines is 1. The fraction of sp³-hybridized carbons (Fsp3) is 0.227. The summed E-state index contributed by atoms with van der Waals surface area (Å²) in [4.78, 5) is 36.7. The summed E-state index contributed by atoms with van der Waals surface area (Å²) in [5.41, 5.74) is 7.20. The molecule has 0 saturated carbocycles. The Morgan fingerprint density at radius 1 is 1.10 bits per heavy atom. The molecular formula is C22H23N3O6. The van der Waals surface area contributed by atoms with Crippen LogP contribution >= 0.6 is 0 Å². The van der Waals surface area contributed by atoms with Crippen LogP contribution in [0.1, 0.15) is 11.1 Å². The predicted molar refractivity (Wildman–Crippen MR) is 115 cm³/mol. The molecule has 9 heteroatoms. The van der Waals surface area contributed by atoms with Gasteiger partial charge >= 0.3 is 5.63 Å². The number of phenols is 1. The number of rotatable bonds is 7. The van der Waals surface area contributed by atoms with Crippen LogP contribution in [0.2, 0.25) is 0 Å². The van der Waals surface area contributed by atoms with Gasteiger partial charge in [-0.15, -0.1) is 0 Å². The van der Waals surface area contributed by atoms with Crippen LogP contribution in [0.25, 0.3) is 11.0 Å². The van der Waals surface area contributed by atoms with E-state index in [0.29, 0.717) is 16.8 Å². The third kappa shape index (κ3) is 5.47. The lowest BCUT2D eigenvalue weighted by Crippen LogP contribution is -2.52. The molecule has 0 spiro atoms. The molecular weight excluding hydrogens is 402 g/mol. The number of nitrogens with two attached hydrogens (primary N) is 1. The quantitative estimate of drug-likeness (QED) is 0.351. The van der Waals surface area contributed by atoms with E-state index in [2.05, 4.69) is 10.6 Å². The highest BCUT2D eigenvalue weighted by Gasteiger charge is 2.24. The van der Waals surface area contributed by atoms with Crippen LogP contribution in [0.15, 0.2) is 57.7 Å². The average molecular weight is 425 g/mol. The largest absolute Gasteiger partial charge is 0.508 e. The number of aromatic hydroxyl groups is 1. The Morgan fingerprint density at radius 3 is 2.48 bits per heavy atom. The van der Waals surface area contributed by atoms with Gasteiger partial charge in [-0.2, -0.15) is 0 Å². The first-order valence-corrected chi connectivity index (χ1v) is 9.57. The van der Waals surface area contributed by atoms with E-state index in [1.54, 1.807) is 31.2 Å². The Kier molecular flexibility index (Phi) is 6.68. The number of phenolic OH excluding ortho intramolecular Hbond substituents is 1. The first kappa shape index (κ1) is 22.0. The van der Waals surface area contributed by atoms with E-state index in [9.17, 15) is 19.5 Å². The lowest BCUT2D eigenvalue weighted by Gasteiger charge is -2.20. The van der Waals surface area contributed by atoms with Gasteiger partial charge in [-0.05, 0) is 42.3 Å². The molecule has 162 valence electrons. The standard InChI is InChI=1S/C22H23N3O6/c1-12-8-20(28)31-19-10-14(4-7-16(12)19)24-22(30)18(25-21(29)17(23)11-26)9-13-2-5-15(27)6-3-13/h2-8,10,17-18,26-27H,9,11,23H2,1H3,(H,24,30)(H,25,29). The van der Waals surface area contributed by atoms with Gasteiger partial charge in [0.2, 0.25) is 11.8 Å². The smallest absolute Gasteiger partial charge is 0.336 e. The fourth-order valence-corrected chi connectivity index (χ4v) is 3.07. The van der Waals surface area contributed by atoms with Crippen molar-refractivity contribution in [3.63, 3.8) is 0 Å². The number of aliphatic hydroxyl groups is 1. The minimum Gasteiger partial charge on any atom is -0.508 e. The molecule has 2 amide bonds. The van der Waals surface area contributed by atoms with Crippen molar-refractivity contribution in [1.82, 2.24) is 5.32 Å². The summed E-state index contributed by atoms with van der Waals surface area (Å²) in [6.45, 7) is 1.22. The zero-order valence-electron chi connectivity index (χ0n) is 16.8. The first-order chi connectivity index (χ1) is 14.8. The summed E-state index contributed by atoms with van der Waals surface area (Å²) in [6, 6.07) is 10.3. The van der Waals surface area contributed by atoms with Crippen molar-refractivity contribution in [1.29, 1.82) is 0 Å². The number of hydrogen-bond donors (Lipinski definition) is 5. The molecule has 0 radical (unpaired) electrons. The molecule has 9 nitrogen and oxygen atoms in total. The minimum atomic E-state index is -1.17. The number of aliphatic hydroxyl groups excluding tert-OH is 1. The molecule has 0 aliphatic rings. The van der Waals surface area contributed by atoms with Crippen LogP contribution in [-0.4, -0.2) is 40.7 Å². The van der Waals surface area contributed by atoms with Crippen molar-refractivity contribution in [2.75, 3.05) is 11.9 Å². The van der Waals surface area contributed by atoms with Crippen molar-refractivity contribution in [2.24, 2.45) is 5.73 Å². The first-order valence-electron chi connectivity index (χ1n) is 9.57. The average Bonchev–Trinajstić information content (AvgIpc) is 2.73. The maximum atomic E-state index is 12.9. The summed E-state index contributed by atoms with van der Waals surface area (Å²) in [5, 5.41) is 24.5. The summed E-state index contributed by atoms with van der Waals surface area (Å²) in [5.74, 6) is -1.13. The molecule has 0 aliphatic carbocycles. The minimum absolute atomic E-state index is 0.0732. The van der Waals surface area contributed by atoms with E-state index in [4.69, 9.17) is 15.3 Å². The van der Waals surface area contributed by atoms with E-state index < -0.39 is 36.1 Å². The topological polar surface area (TPSA) is 155 Å². The van der Waals surface area contributed by atoms with Gasteiger partial charge in [0.25, 0.3) is 0 Å². The Bertz CT molecular complexity index is 1160. The Morgan fingerprint density at radius 2 is 1.81 bits per heavy atom. The monoisotopic (exact) mass is 425 g/mol. The number of aryl methyl sites for hydroxylation is 1.